The molecule has 0 atom stereocenters. The Morgan fingerprint density at radius 1 is 1.45 bits per heavy atom. The molecule has 0 saturated heterocycles. The molecule has 1 aromatic carbocycles. The Bertz CT molecular complexity index is 647. The lowest BCUT2D eigenvalue weighted by Crippen LogP contribution is -2.12. The summed E-state index contributed by atoms with van der Waals surface area (Å²) in [5.74, 6) is 0.853. The summed E-state index contributed by atoms with van der Waals surface area (Å²) in [5, 5.41) is 17.6. The number of thioether (sulfide) groups is 1. The van der Waals surface area contributed by atoms with Crippen molar-refractivity contribution in [2.75, 3.05) is 6.54 Å². The minimum Gasteiger partial charge on any atom is -0.329 e. The van der Waals surface area contributed by atoms with Crippen molar-refractivity contribution in [2.45, 2.75) is 24.4 Å². The Kier molecular flexibility index (Phi) is 4.71. The lowest BCUT2D eigenvalue weighted by atomic mass is 10.1. The molecular formula is C13H14FN5S. The number of rotatable bonds is 5. The zero-order valence-electron chi connectivity index (χ0n) is 11.0. The van der Waals surface area contributed by atoms with Gasteiger partial charge >= 0.3 is 0 Å². The molecule has 0 aliphatic carbocycles. The fraction of sp³-hybridized carbons (Fsp3) is 0.308. The fourth-order valence-electron chi connectivity index (χ4n) is 1.75. The molecular weight excluding hydrogens is 277 g/mol. The predicted octanol–water partition coefficient (Wildman–Crippen LogP) is 1.85. The Labute approximate surface area is 120 Å². The monoisotopic (exact) mass is 291 g/mol. The highest BCUT2D eigenvalue weighted by molar-refractivity contribution is 7.98. The largest absolute Gasteiger partial charge is 0.329 e. The summed E-state index contributed by atoms with van der Waals surface area (Å²) >= 11 is 1.38. The molecule has 0 aliphatic rings. The van der Waals surface area contributed by atoms with Crippen molar-refractivity contribution in [1.29, 1.82) is 5.26 Å². The molecule has 2 rings (SSSR count). The third-order valence-electron chi connectivity index (χ3n) is 2.79. The normalized spacial score (nSPS) is 10.5. The molecule has 7 heteroatoms. The second-order valence-electron chi connectivity index (χ2n) is 4.18. The van der Waals surface area contributed by atoms with Gasteiger partial charge < -0.3 is 10.3 Å². The summed E-state index contributed by atoms with van der Waals surface area (Å²) in [6, 6.07) is 6.33. The molecule has 0 saturated carbocycles. The van der Waals surface area contributed by atoms with Crippen molar-refractivity contribution in [3.8, 4) is 6.07 Å². The van der Waals surface area contributed by atoms with Crippen molar-refractivity contribution < 1.29 is 4.39 Å². The molecule has 0 bridgehead atoms. The number of nitrogens with zero attached hydrogens (tertiary/aromatic N) is 4. The van der Waals surface area contributed by atoms with Crippen LogP contribution in [0.3, 0.4) is 0 Å². The van der Waals surface area contributed by atoms with E-state index in [4.69, 9.17) is 11.0 Å². The van der Waals surface area contributed by atoms with E-state index in [0.717, 1.165) is 5.82 Å². The van der Waals surface area contributed by atoms with Gasteiger partial charge in [0.25, 0.3) is 0 Å². The predicted molar refractivity (Wildman–Crippen MR) is 74.5 cm³/mol. The first kappa shape index (κ1) is 14.5. The van der Waals surface area contributed by atoms with Crippen LogP contribution in [0.2, 0.25) is 0 Å². The number of hydrogen-bond donors (Lipinski definition) is 1. The SMILES string of the molecule is Cc1nnc(SCc2cc(C#N)ccc2F)n1CCN. The van der Waals surface area contributed by atoms with Gasteiger partial charge in [0.15, 0.2) is 5.16 Å². The number of halogens is 1. The van der Waals surface area contributed by atoms with E-state index in [1.807, 2.05) is 17.6 Å². The number of benzene rings is 1. The number of aryl methyl sites for hydroxylation is 1. The van der Waals surface area contributed by atoms with Gasteiger partial charge in [0, 0.05) is 18.8 Å². The van der Waals surface area contributed by atoms with Gasteiger partial charge in [-0.2, -0.15) is 5.26 Å². The zero-order chi connectivity index (χ0) is 14.5. The quantitative estimate of drug-likeness (QED) is 0.850. The highest BCUT2D eigenvalue weighted by atomic mass is 32.2. The van der Waals surface area contributed by atoms with Crippen LogP contribution in [0.1, 0.15) is 17.0 Å². The molecule has 0 fully saturated rings. The summed E-state index contributed by atoms with van der Waals surface area (Å²) in [5.41, 5.74) is 6.47. The number of nitrogens with two attached hydrogens (primary N) is 1. The highest BCUT2D eigenvalue weighted by Gasteiger charge is 2.11. The highest BCUT2D eigenvalue weighted by Crippen LogP contribution is 2.23. The van der Waals surface area contributed by atoms with E-state index in [-0.39, 0.29) is 5.82 Å². The van der Waals surface area contributed by atoms with E-state index in [9.17, 15) is 4.39 Å². The van der Waals surface area contributed by atoms with Crippen molar-refractivity contribution in [3.63, 3.8) is 0 Å². The summed E-state index contributed by atoms with van der Waals surface area (Å²) in [6.45, 7) is 2.97. The van der Waals surface area contributed by atoms with Crippen LogP contribution in [-0.2, 0) is 12.3 Å². The van der Waals surface area contributed by atoms with Gasteiger partial charge in [-0.3, -0.25) is 0 Å². The van der Waals surface area contributed by atoms with Gasteiger partial charge in [-0.15, -0.1) is 10.2 Å². The lowest BCUT2D eigenvalue weighted by Gasteiger charge is -2.07. The second-order valence-corrected chi connectivity index (χ2v) is 5.12. The summed E-state index contributed by atoms with van der Waals surface area (Å²) in [6.07, 6.45) is 0. The molecule has 5 nitrogen and oxygen atoms in total. The van der Waals surface area contributed by atoms with Crippen LogP contribution in [0.5, 0.6) is 0 Å². The molecule has 1 aromatic heterocycles. The van der Waals surface area contributed by atoms with Crippen molar-refractivity contribution in [3.05, 3.63) is 41.0 Å². The molecule has 1 heterocycles. The average Bonchev–Trinajstić information content (AvgIpc) is 2.80. The van der Waals surface area contributed by atoms with Crippen molar-refractivity contribution >= 4 is 11.8 Å². The van der Waals surface area contributed by atoms with Crippen molar-refractivity contribution in [2.24, 2.45) is 5.73 Å². The van der Waals surface area contributed by atoms with E-state index in [2.05, 4.69) is 10.2 Å². The van der Waals surface area contributed by atoms with Gasteiger partial charge in [-0.1, -0.05) is 11.8 Å². The van der Waals surface area contributed by atoms with Gasteiger partial charge in [0.05, 0.1) is 11.6 Å². The smallest absolute Gasteiger partial charge is 0.191 e. The van der Waals surface area contributed by atoms with E-state index in [1.165, 1.54) is 23.9 Å². The maximum atomic E-state index is 13.7. The van der Waals surface area contributed by atoms with Crippen LogP contribution in [0.25, 0.3) is 0 Å². The molecule has 0 radical (unpaired) electrons. The standard InChI is InChI=1S/C13H14FN5S/c1-9-17-18-13(19(9)5-4-15)20-8-11-6-10(7-16)2-3-12(11)14/h2-3,6H,4-5,8,15H2,1H3. The van der Waals surface area contributed by atoms with Crippen LogP contribution in [0.15, 0.2) is 23.4 Å². The Balaban J connectivity index is 2.15. The Hall–Kier alpha value is -1.91. The first-order valence-corrected chi connectivity index (χ1v) is 7.05. The molecule has 0 aliphatic heterocycles. The molecule has 0 unspecified atom stereocenters. The summed E-state index contributed by atoms with van der Waals surface area (Å²) in [4.78, 5) is 0. The third-order valence-corrected chi connectivity index (χ3v) is 3.80. The Morgan fingerprint density at radius 3 is 2.95 bits per heavy atom. The first-order chi connectivity index (χ1) is 9.65. The number of aromatic nitrogens is 3. The summed E-state index contributed by atoms with van der Waals surface area (Å²) in [7, 11) is 0. The molecule has 2 N–H and O–H groups in total. The van der Waals surface area contributed by atoms with Crippen molar-refractivity contribution in [1.82, 2.24) is 14.8 Å². The summed E-state index contributed by atoms with van der Waals surface area (Å²) < 4.78 is 15.6. The van der Waals surface area contributed by atoms with E-state index in [1.54, 1.807) is 6.07 Å². The molecule has 0 spiro atoms. The molecule has 0 amide bonds. The average molecular weight is 291 g/mol. The lowest BCUT2D eigenvalue weighted by molar-refractivity contribution is 0.615. The zero-order valence-corrected chi connectivity index (χ0v) is 11.8. The van der Waals surface area contributed by atoms with Gasteiger partial charge in [-0.05, 0) is 30.7 Å². The second kappa shape index (κ2) is 6.50. The number of nitriles is 1. The number of hydrogen-bond acceptors (Lipinski definition) is 5. The van der Waals surface area contributed by atoms with Gasteiger partial charge in [0.2, 0.25) is 0 Å². The molecule has 20 heavy (non-hydrogen) atoms. The van der Waals surface area contributed by atoms with Crippen LogP contribution in [0.4, 0.5) is 4.39 Å². The van der Waals surface area contributed by atoms with E-state index < -0.39 is 0 Å². The maximum absolute atomic E-state index is 13.7. The van der Waals surface area contributed by atoms with E-state index in [0.29, 0.717) is 35.1 Å². The van der Waals surface area contributed by atoms with Crippen LogP contribution >= 0.6 is 11.8 Å². The Morgan fingerprint density at radius 2 is 2.25 bits per heavy atom. The minimum absolute atomic E-state index is 0.321. The fourth-order valence-corrected chi connectivity index (χ4v) is 2.74. The topological polar surface area (TPSA) is 80.5 Å². The van der Waals surface area contributed by atoms with Crippen LogP contribution in [0, 0.1) is 24.1 Å². The van der Waals surface area contributed by atoms with Gasteiger partial charge in [-0.25, -0.2) is 4.39 Å². The van der Waals surface area contributed by atoms with E-state index >= 15 is 0 Å². The maximum Gasteiger partial charge on any atom is 0.191 e. The first-order valence-electron chi connectivity index (χ1n) is 6.07. The molecule has 104 valence electrons. The third kappa shape index (κ3) is 3.15. The van der Waals surface area contributed by atoms with Crippen LogP contribution < -0.4 is 5.73 Å². The molecule has 2 aromatic rings. The van der Waals surface area contributed by atoms with Crippen LogP contribution in [-0.4, -0.2) is 21.3 Å². The minimum atomic E-state index is -0.321. The van der Waals surface area contributed by atoms with Gasteiger partial charge in [0.1, 0.15) is 11.6 Å².